The van der Waals surface area contributed by atoms with Gasteiger partial charge in [0.05, 0.1) is 18.8 Å². The minimum atomic E-state index is -1.17. The number of aliphatic hydroxyl groups is 1. The highest BCUT2D eigenvalue weighted by molar-refractivity contribution is 5.79. The molecule has 1 saturated heterocycles. The molecule has 0 bridgehead atoms. The highest BCUT2D eigenvalue weighted by Crippen LogP contribution is 2.19. The number of likely N-dealkylation sites (tertiary alicyclic amines) is 1. The first-order chi connectivity index (χ1) is 7.83. The van der Waals surface area contributed by atoms with Crippen molar-refractivity contribution in [2.45, 2.75) is 38.0 Å². The van der Waals surface area contributed by atoms with Crippen molar-refractivity contribution in [3.05, 3.63) is 0 Å². The molecule has 6 heteroatoms. The third-order valence-corrected chi connectivity index (χ3v) is 2.90. The number of aliphatic hydroxyl groups excluding tert-OH is 1. The van der Waals surface area contributed by atoms with E-state index in [-0.39, 0.29) is 19.3 Å². The van der Waals surface area contributed by atoms with Gasteiger partial charge in [0.1, 0.15) is 5.54 Å². The summed E-state index contributed by atoms with van der Waals surface area (Å²) in [6, 6.07) is 0. The third kappa shape index (κ3) is 4.23. The number of nitrogens with zero attached hydrogens (tertiary/aromatic N) is 1. The fourth-order valence-corrected chi connectivity index (χ4v) is 1.90. The SMILES string of the molecule is CC(C)OCC(O)CN1CCC(N)(C(=O)O)C1. The summed E-state index contributed by atoms with van der Waals surface area (Å²) < 4.78 is 5.29. The molecule has 0 saturated carbocycles. The summed E-state index contributed by atoms with van der Waals surface area (Å²) in [6.45, 7) is 5.34. The summed E-state index contributed by atoms with van der Waals surface area (Å²) in [5.41, 5.74) is 4.57. The maximum absolute atomic E-state index is 10.9. The molecular weight excluding hydrogens is 224 g/mol. The second kappa shape index (κ2) is 5.77. The van der Waals surface area contributed by atoms with Crippen LogP contribution in [-0.2, 0) is 9.53 Å². The smallest absolute Gasteiger partial charge is 0.325 e. The molecule has 6 nitrogen and oxygen atoms in total. The van der Waals surface area contributed by atoms with Crippen LogP contribution in [-0.4, -0.2) is 65.1 Å². The summed E-state index contributed by atoms with van der Waals surface area (Å²) in [6.07, 6.45) is -0.107. The summed E-state index contributed by atoms with van der Waals surface area (Å²) >= 11 is 0. The molecule has 17 heavy (non-hydrogen) atoms. The summed E-state index contributed by atoms with van der Waals surface area (Å²) in [7, 11) is 0. The van der Waals surface area contributed by atoms with Gasteiger partial charge in [-0.05, 0) is 20.3 Å². The molecule has 1 rings (SSSR count). The Bertz CT molecular complexity index is 272. The van der Waals surface area contributed by atoms with Gasteiger partial charge in [0, 0.05) is 19.6 Å². The maximum atomic E-state index is 10.9. The molecule has 2 unspecified atom stereocenters. The number of carboxylic acid groups (broad SMARTS) is 1. The van der Waals surface area contributed by atoms with Crippen molar-refractivity contribution in [3.63, 3.8) is 0 Å². The number of rotatable bonds is 6. The molecule has 1 aliphatic heterocycles. The number of carbonyl (C=O) groups is 1. The van der Waals surface area contributed by atoms with Crippen molar-refractivity contribution in [1.29, 1.82) is 0 Å². The zero-order chi connectivity index (χ0) is 13.1. The van der Waals surface area contributed by atoms with Crippen molar-refractivity contribution < 1.29 is 19.7 Å². The van der Waals surface area contributed by atoms with Crippen molar-refractivity contribution in [3.8, 4) is 0 Å². The minimum Gasteiger partial charge on any atom is -0.480 e. The van der Waals surface area contributed by atoms with E-state index in [1.165, 1.54) is 0 Å². The molecule has 1 heterocycles. The lowest BCUT2D eigenvalue weighted by Gasteiger charge is -2.22. The fraction of sp³-hybridized carbons (Fsp3) is 0.909. The van der Waals surface area contributed by atoms with Gasteiger partial charge in [-0.1, -0.05) is 0 Å². The first kappa shape index (κ1) is 14.4. The van der Waals surface area contributed by atoms with Gasteiger partial charge in [0.15, 0.2) is 0 Å². The predicted octanol–water partition coefficient (Wildman–Crippen LogP) is -0.740. The molecule has 0 aliphatic carbocycles. The van der Waals surface area contributed by atoms with E-state index in [4.69, 9.17) is 15.6 Å². The molecule has 1 aliphatic rings. The summed E-state index contributed by atoms with van der Waals surface area (Å²) in [4.78, 5) is 12.8. The van der Waals surface area contributed by atoms with E-state index in [2.05, 4.69) is 0 Å². The number of ether oxygens (including phenoxy) is 1. The average molecular weight is 246 g/mol. The van der Waals surface area contributed by atoms with Gasteiger partial charge in [-0.3, -0.25) is 9.69 Å². The lowest BCUT2D eigenvalue weighted by atomic mass is 10.0. The van der Waals surface area contributed by atoms with Crippen molar-refractivity contribution in [1.82, 2.24) is 4.90 Å². The monoisotopic (exact) mass is 246 g/mol. The van der Waals surface area contributed by atoms with Crippen molar-refractivity contribution in [2.75, 3.05) is 26.2 Å². The van der Waals surface area contributed by atoms with Crippen LogP contribution < -0.4 is 5.73 Å². The molecule has 1 fully saturated rings. The van der Waals surface area contributed by atoms with Crippen molar-refractivity contribution in [2.24, 2.45) is 5.73 Å². The van der Waals surface area contributed by atoms with E-state index >= 15 is 0 Å². The molecule has 0 aromatic carbocycles. The van der Waals surface area contributed by atoms with E-state index in [0.29, 0.717) is 19.5 Å². The Morgan fingerprint density at radius 2 is 2.24 bits per heavy atom. The zero-order valence-corrected chi connectivity index (χ0v) is 10.4. The van der Waals surface area contributed by atoms with E-state index < -0.39 is 17.6 Å². The number of β-amino-alcohol motifs (C(OH)–C–C–N with tert-alkyl or cyclic N) is 1. The summed E-state index contributed by atoms with van der Waals surface area (Å²) in [5, 5.41) is 18.7. The predicted molar refractivity (Wildman–Crippen MR) is 62.7 cm³/mol. The summed E-state index contributed by atoms with van der Waals surface area (Å²) in [5.74, 6) is -0.979. The Balaban J connectivity index is 2.32. The fourth-order valence-electron chi connectivity index (χ4n) is 1.90. The van der Waals surface area contributed by atoms with Gasteiger partial charge >= 0.3 is 5.97 Å². The highest BCUT2D eigenvalue weighted by Gasteiger charge is 2.41. The molecule has 4 N–H and O–H groups in total. The molecule has 0 radical (unpaired) electrons. The number of carboxylic acids is 1. The lowest BCUT2D eigenvalue weighted by Crippen LogP contribution is -2.50. The van der Waals surface area contributed by atoms with E-state index in [9.17, 15) is 9.90 Å². The van der Waals surface area contributed by atoms with Gasteiger partial charge in [-0.25, -0.2) is 0 Å². The lowest BCUT2D eigenvalue weighted by molar-refractivity contribution is -0.142. The molecule has 100 valence electrons. The van der Waals surface area contributed by atoms with Crippen LogP contribution in [0.25, 0.3) is 0 Å². The quantitative estimate of drug-likeness (QED) is 0.571. The van der Waals surface area contributed by atoms with Gasteiger partial charge < -0.3 is 20.7 Å². The van der Waals surface area contributed by atoms with Crippen LogP contribution in [0.15, 0.2) is 0 Å². The second-order valence-electron chi connectivity index (χ2n) is 4.98. The van der Waals surface area contributed by atoms with E-state index in [0.717, 1.165) is 0 Å². The van der Waals surface area contributed by atoms with Crippen LogP contribution in [0.5, 0.6) is 0 Å². The van der Waals surface area contributed by atoms with Crippen LogP contribution in [0.2, 0.25) is 0 Å². The van der Waals surface area contributed by atoms with Gasteiger partial charge in [-0.2, -0.15) is 0 Å². The first-order valence-corrected chi connectivity index (χ1v) is 5.88. The molecule has 2 atom stereocenters. The van der Waals surface area contributed by atoms with Crippen LogP contribution in [0, 0.1) is 0 Å². The molecule has 0 spiro atoms. The standard InChI is InChI=1S/C11H22N2O4/c1-8(2)17-6-9(14)5-13-4-3-11(12,7-13)10(15)16/h8-9,14H,3-7,12H2,1-2H3,(H,15,16). The molecule has 0 amide bonds. The van der Waals surface area contributed by atoms with Crippen LogP contribution in [0.3, 0.4) is 0 Å². The molecule has 0 aromatic heterocycles. The Kier molecular flexibility index (Phi) is 4.88. The first-order valence-electron chi connectivity index (χ1n) is 5.88. The number of hydrogen-bond donors (Lipinski definition) is 3. The van der Waals surface area contributed by atoms with Gasteiger partial charge in [-0.15, -0.1) is 0 Å². The topological polar surface area (TPSA) is 96.0 Å². The third-order valence-electron chi connectivity index (χ3n) is 2.90. The maximum Gasteiger partial charge on any atom is 0.325 e. The van der Waals surface area contributed by atoms with Crippen LogP contribution in [0.1, 0.15) is 20.3 Å². The van der Waals surface area contributed by atoms with Gasteiger partial charge in [0.25, 0.3) is 0 Å². The zero-order valence-electron chi connectivity index (χ0n) is 10.4. The second-order valence-corrected chi connectivity index (χ2v) is 4.98. The Morgan fingerprint density at radius 1 is 1.59 bits per heavy atom. The Hall–Kier alpha value is -0.690. The average Bonchev–Trinajstić information content (AvgIpc) is 2.58. The van der Waals surface area contributed by atoms with Crippen molar-refractivity contribution >= 4 is 5.97 Å². The molecule has 0 aromatic rings. The largest absolute Gasteiger partial charge is 0.480 e. The Labute approximate surface area is 101 Å². The normalized spacial score (nSPS) is 27.6. The number of hydrogen-bond acceptors (Lipinski definition) is 5. The Morgan fingerprint density at radius 3 is 2.71 bits per heavy atom. The molecular formula is C11H22N2O4. The van der Waals surface area contributed by atoms with Crippen LogP contribution in [0.4, 0.5) is 0 Å². The van der Waals surface area contributed by atoms with E-state index in [1.54, 1.807) is 0 Å². The minimum absolute atomic E-state index is 0.0795. The number of nitrogens with two attached hydrogens (primary N) is 1. The highest BCUT2D eigenvalue weighted by atomic mass is 16.5. The van der Waals surface area contributed by atoms with Gasteiger partial charge in [0.2, 0.25) is 0 Å². The number of aliphatic carboxylic acids is 1. The van der Waals surface area contributed by atoms with Crippen LogP contribution >= 0.6 is 0 Å². The van der Waals surface area contributed by atoms with E-state index in [1.807, 2.05) is 18.7 Å².